The molecule has 0 unspecified atom stereocenters. The molecule has 1 aliphatic heterocycles. The molecule has 0 bridgehead atoms. The molecule has 1 saturated heterocycles. The molecule has 6 heteroatoms. The van der Waals surface area contributed by atoms with E-state index in [1.807, 2.05) is 12.1 Å². The normalized spacial score (nSPS) is 25.6. The summed E-state index contributed by atoms with van der Waals surface area (Å²) >= 11 is 0. The highest BCUT2D eigenvalue weighted by molar-refractivity contribution is 5.96. The third-order valence-corrected chi connectivity index (χ3v) is 5.25. The molecule has 2 aliphatic rings. The first-order chi connectivity index (χ1) is 11.6. The monoisotopic (exact) mass is 331 g/mol. The van der Waals surface area contributed by atoms with Gasteiger partial charge in [-0.1, -0.05) is 12.8 Å². The second kappa shape index (κ2) is 7.21. The number of carbonyl (C=O) groups excluding carboxylic acids is 2. The highest BCUT2D eigenvalue weighted by atomic mass is 16.5. The lowest BCUT2D eigenvalue weighted by Crippen LogP contribution is -2.44. The van der Waals surface area contributed by atoms with Crippen molar-refractivity contribution in [1.82, 2.24) is 10.6 Å². The maximum atomic E-state index is 12.9. The van der Waals surface area contributed by atoms with Crippen molar-refractivity contribution >= 4 is 17.5 Å². The van der Waals surface area contributed by atoms with E-state index >= 15 is 0 Å². The molecule has 1 aliphatic carbocycles. The molecule has 1 aromatic carbocycles. The second-order valence-electron chi connectivity index (χ2n) is 6.67. The minimum Gasteiger partial charge on any atom is -0.484 e. The second-order valence-corrected chi connectivity index (χ2v) is 6.67. The minimum absolute atomic E-state index is 0.0152. The quantitative estimate of drug-likeness (QED) is 0.764. The molecule has 1 heterocycles. The fourth-order valence-corrected chi connectivity index (χ4v) is 3.80. The van der Waals surface area contributed by atoms with E-state index in [-0.39, 0.29) is 23.8 Å². The van der Waals surface area contributed by atoms with Crippen LogP contribution in [0, 0.1) is 11.3 Å². The molecule has 2 amide bonds. The third kappa shape index (κ3) is 3.38. The zero-order valence-electron chi connectivity index (χ0n) is 14.1. The molecular weight excluding hydrogens is 306 g/mol. The SMILES string of the molecule is CNC(=O)COc1ccc(NC(=O)[C@@]23CCCC[C@H]2CNC3)cc1. The van der Waals surface area contributed by atoms with Crippen LogP contribution in [0.15, 0.2) is 24.3 Å². The van der Waals surface area contributed by atoms with Crippen LogP contribution >= 0.6 is 0 Å². The van der Waals surface area contributed by atoms with E-state index in [4.69, 9.17) is 4.74 Å². The lowest BCUT2D eigenvalue weighted by Gasteiger charge is -2.37. The van der Waals surface area contributed by atoms with Crippen molar-refractivity contribution in [3.8, 4) is 5.75 Å². The van der Waals surface area contributed by atoms with Crippen LogP contribution < -0.4 is 20.7 Å². The number of ether oxygens (including phenoxy) is 1. The van der Waals surface area contributed by atoms with E-state index in [9.17, 15) is 9.59 Å². The van der Waals surface area contributed by atoms with Gasteiger partial charge in [-0.3, -0.25) is 9.59 Å². The van der Waals surface area contributed by atoms with E-state index in [0.29, 0.717) is 11.7 Å². The summed E-state index contributed by atoms with van der Waals surface area (Å²) in [5, 5.41) is 8.96. The Hall–Kier alpha value is -2.08. The lowest BCUT2D eigenvalue weighted by molar-refractivity contribution is -0.128. The number of fused-ring (bicyclic) bond motifs is 1. The fourth-order valence-electron chi connectivity index (χ4n) is 3.80. The van der Waals surface area contributed by atoms with Gasteiger partial charge in [0.25, 0.3) is 5.91 Å². The molecule has 0 aromatic heterocycles. The van der Waals surface area contributed by atoms with E-state index in [1.165, 1.54) is 6.42 Å². The molecule has 24 heavy (non-hydrogen) atoms. The maximum Gasteiger partial charge on any atom is 0.257 e. The number of rotatable bonds is 5. The molecule has 2 atom stereocenters. The van der Waals surface area contributed by atoms with Crippen molar-refractivity contribution in [3.05, 3.63) is 24.3 Å². The standard InChI is InChI=1S/C18H25N3O3/c1-19-16(22)11-24-15-7-5-14(6-8-15)21-17(23)18-9-3-2-4-13(18)10-20-12-18/h5-8,13,20H,2-4,9-12H2,1H3,(H,19,22)(H,21,23)/t13-,18+/m0/s1. The van der Waals surface area contributed by atoms with Crippen molar-refractivity contribution < 1.29 is 14.3 Å². The topological polar surface area (TPSA) is 79.5 Å². The average molecular weight is 331 g/mol. The Morgan fingerprint density at radius 2 is 2.08 bits per heavy atom. The van der Waals surface area contributed by atoms with Gasteiger partial charge in [-0.15, -0.1) is 0 Å². The number of amides is 2. The van der Waals surface area contributed by atoms with Gasteiger partial charge < -0.3 is 20.7 Å². The van der Waals surface area contributed by atoms with E-state index in [1.54, 1.807) is 19.2 Å². The number of carbonyl (C=O) groups is 2. The summed E-state index contributed by atoms with van der Waals surface area (Å²) in [5.41, 5.74) is 0.505. The predicted molar refractivity (Wildman–Crippen MR) is 91.9 cm³/mol. The molecule has 0 radical (unpaired) electrons. The van der Waals surface area contributed by atoms with Crippen LogP contribution in [0.1, 0.15) is 25.7 Å². The van der Waals surface area contributed by atoms with Crippen molar-refractivity contribution in [2.24, 2.45) is 11.3 Å². The van der Waals surface area contributed by atoms with Gasteiger partial charge in [-0.25, -0.2) is 0 Å². The Kier molecular flexibility index (Phi) is 5.04. The largest absolute Gasteiger partial charge is 0.484 e. The van der Waals surface area contributed by atoms with Crippen molar-refractivity contribution in [3.63, 3.8) is 0 Å². The Bertz CT molecular complexity index is 602. The van der Waals surface area contributed by atoms with Gasteiger partial charge in [0, 0.05) is 19.3 Å². The lowest BCUT2D eigenvalue weighted by atomic mass is 9.67. The zero-order valence-corrected chi connectivity index (χ0v) is 14.1. The van der Waals surface area contributed by atoms with Crippen LogP contribution in [0.2, 0.25) is 0 Å². The van der Waals surface area contributed by atoms with Gasteiger partial charge in [-0.2, -0.15) is 0 Å². The van der Waals surface area contributed by atoms with Gasteiger partial charge in [0.2, 0.25) is 5.91 Å². The average Bonchev–Trinajstić information content (AvgIpc) is 3.06. The van der Waals surface area contributed by atoms with E-state index in [2.05, 4.69) is 16.0 Å². The Morgan fingerprint density at radius 3 is 2.83 bits per heavy atom. The number of hydrogen-bond donors (Lipinski definition) is 3. The van der Waals surface area contributed by atoms with Crippen LogP contribution in [-0.2, 0) is 9.59 Å². The van der Waals surface area contributed by atoms with Crippen LogP contribution in [0.3, 0.4) is 0 Å². The van der Waals surface area contributed by atoms with Crippen LogP contribution in [0.5, 0.6) is 5.75 Å². The van der Waals surface area contributed by atoms with Gasteiger partial charge in [0.15, 0.2) is 6.61 Å². The molecule has 1 aromatic rings. The molecule has 2 fully saturated rings. The van der Waals surface area contributed by atoms with Crippen molar-refractivity contribution in [2.45, 2.75) is 25.7 Å². The predicted octanol–water partition coefficient (Wildman–Crippen LogP) is 1.53. The first kappa shape index (κ1) is 16.8. The van der Waals surface area contributed by atoms with Crippen molar-refractivity contribution in [1.29, 1.82) is 0 Å². The molecule has 3 rings (SSSR count). The molecule has 6 nitrogen and oxygen atoms in total. The minimum atomic E-state index is -0.257. The Labute approximate surface area is 142 Å². The number of likely N-dealkylation sites (N-methyl/N-ethyl adjacent to an activating group) is 1. The first-order valence-corrected chi connectivity index (χ1v) is 8.60. The van der Waals surface area contributed by atoms with E-state index in [0.717, 1.165) is 38.0 Å². The highest BCUT2D eigenvalue weighted by Gasteiger charge is 2.49. The smallest absolute Gasteiger partial charge is 0.257 e. The number of benzene rings is 1. The van der Waals surface area contributed by atoms with Crippen molar-refractivity contribution in [2.75, 3.05) is 32.1 Å². The number of nitrogens with one attached hydrogen (secondary N) is 3. The summed E-state index contributed by atoms with van der Waals surface area (Å²) in [7, 11) is 1.57. The molecule has 0 spiro atoms. The van der Waals surface area contributed by atoms with Crippen LogP contribution in [-0.4, -0.2) is 38.6 Å². The molecule has 1 saturated carbocycles. The highest BCUT2D eigenvalue weighted by Crippen LogP contribution is 2.44. The Balaban J connectivity index is 1.61. The molecule has 130 valence electrons. The summed E-state index contributed by atoms with van der Waals surface area (Å²) < 4.78 is 5.37. The molecular formula is C18H25N3O3. The maximum absolute atomic E-state index is 12.9. The summed E-state index contributed by atoms with van der Waals surface area (Å²) in [6.45, 7) is 1.70. The molecule has 3 N–H and O–H groups in total. The van der Waals surface area contributed by atoms with Gasteiger partial charge in [-0.05, 0) is 49.6 Å². The van der Waals surface area contributed by atoms with E-state index < -0.39 is 0 Å². The van der Waals surface area contributed by atoms with Gasteiger partial charge in [0.05, 0.1) is 5.41 Å². The Morgan fingerprint density at radius 1 is 1.29 bits per heavy atom. The summed E-state index contributed by atoms with van der Waals surface area (Å²) in [5.74, 6) is 0.994. The summed E-state index contributed by atoms with van der Waals surface area (Å²) in [6.07, 6.45) is 4.44. The van der Waals surface area contributed by atoms with Gasteiger partial charge >= 0.3 is 0 Å². The van der Waals surface area contributed by atoms with Crippen LogP contribution in [0.25, 0.3) is 0 Å². The third-order valence-electron chi connectivity index (χ3n) is 5.25. The number of anilines is 1. The number of hydrogen-bond acceptors (Lipinski definition) is 4. The summed E-state index contributed by atoms with van der Waals surface area (Å²) in [4.78, 5) is 24.1. The zero-order chi connectivity index (χ0) is 17.0. The van der Waals surface area contributed by atoms with Gasteiger partial charge in [0.1, 0.15) is 5.75 Å². The van der Waals surface area contributed by atoms with Crippen LogP contribution in [0.4, 0.5) is 5.69 Å². The summed E-state index contributed by atoms with van der Waals surface area (Å²) in [6, 6.07) is 7.16. The first-order valence-electron chi connectivity index (χ1n) is 8.60. The fraction of sp³-hybridized carbons (Fsp3) is 0.556.